The first-order valence-corrected chi connectivity index (χ1v) is 12.9. The Morgan fingerprint density at radius 3 is 2.28 bits per heavy atom. The van der Waals surface area contributed by atoms with E-state index in [0.717, 1.165) is 12.1 Å². The fraction of sp³-hybridized carbons (Fsp3) is 0.481. The molecule has 8 atom stereocenters. The lowest BCUT2D eigenvalue weighted by molar-refractivity contribution is -0.288. The Hall–Kier alpha value is -3.74. The molecule has 2 aromatic rings. The van der Waals surface area contributed by atoms with Crippen LogP contribution in [0.15, 0.2) is 30.3 Å². The number of aliphatic hydroxyl groups is 5. The molecular weight excluding hydrogens is 580 g/mol. The zero-order valence-corrected chi connectivity index (χ0v) is 22.9. The number of hydrogen-bond acceptors (Lipinski definition) is 16. The van der Waals surface area contributed by atoms with Gasteiger partial charge in [0.15, 0.2) is 35.4 Å². The highest BCUT2D eigenvalue weighted by Crippen LogP contribution is 2.37. The number of benzene rings is 2. The molecule has 0 bridgehead atoms. The van der Waals surface area contributed by atoms with Gasteiger partial charge in [0.25, 0.3) is 0 Å². The molecule has 0 saturated carbocycles. The third-order valence-electron chi connectivity index (χ3n) is 7.00. The predicted molar refractivity (Wildman–Crippen MR) is 139 cm³/mol. The SMILES string of the molecule is COc1ccc(C(C)=O)c(O[C@@H]2O[C@H](CO[C@@H]3OCC(O)(CO)[C@H]3O)[C@@H](OC(=O)c3cc(O)c(O)c(O)c3)[C@H](O)[C@H]2O)c1. The van der Waals surface area contributed by atoms with Crippen LogP contribution < -0.4 is 9.47 Å². The molecule has 2 heterocycles. The number of Topliss-reactive ketones (excluding diaryl/α,β-unsaturated/α-hetero) is 1. The van der Waals surface area contributed by atoms with E-state index in [0.29, 0.717) is 5.75 Å². The molecule has 0 radical (unpaired) electrons. The normalized spacial score (nSPS) is 30.5. The molecule has 0 amide bonds. The van der Waals surface area contributed by atoms with Gasteiger partial charge in [0, 0.05) is 6.07 Å². The maximum absolute atomic E-state index is 12.9. The number of carbonyl (C=O) groups excluding carboxylic acids is 2. The number of aliphatic hydroxyl groups excluding tert-OH is 4. The Morgan fingerprint density at radius 1 is 1.02 bits per heavy atom. The zero-order valence-electron chi connectivity index (χ0n) is 22.9. The molecule has 1 unspecified atom stereocenters. The Balaban J connectivity index is 1.60. The number of rotatable bonds is 10. The van der Waals surface area contributed by atoms with Gasteiger partial charge in [-0.3, -0.25) is 4.79 Å². The first kappa shape index (κ1) is 32.2. The van der Waals surface area contributed by atoms with Gasteiger partial charge >= 0.3 is 5.97 Å². The summed E-state index contributed by atoms with van der Waals surface area (Å²) < 4.78 is 32.8. The third kappa shape index (κ3) is 6.61. The second-order valence-corrected chi connectivity index (χ2v) is 10.0. The monoisotopic (exact) mass is 612 g/mol. The first-order chi connectivity index (χ1) is 20.3. The molecule has 4 rings (SSSR count). The second kappa shape index (κ2) is 12.9. The summed E-state index contributed by atoms with van der Waals surface area (Å²) in [5, 5.41) is 81.0. The van der Waals surface area contributed by atoms with E-state index in [4.69, 9.17) is 28.4 Å². The van der Waals surface area contributed by atoms with E-state index in [1.54, 1.807) is 0 Å². The number of phenols is 3. The minimum atomic E-state index is -2.02. The minimum Gasteiger partial charge on any atom is -0.504 e. The average molecular weight is 613 g/mol. The highest BCUT2D eigenvalue weighted by atomic mass is 16.7. The molecule has 2 aliphatic rings. The lowest BCUT2D eigenvalue weighted by atomic mass is 9.98. The second-order valence-electron chi connectivity index (χ2n) is 10.0. The third-order valence-corrected chi connectivity index (χ3v) is 7.00. The lowest BCUT2D eigenvalue weighted by Gasteiger charge is -2.42. The zero-order chi connectivity index (χ0) is 31.6. The van der Waals surface area contributed by atoms with Crippen molar-refractivity contribution in [2.24, 2.45) is 0 Å². The van der Waals surface area contributed by atoms with Crippen LogP contribution in [-0.2, 0) is 18.9 Å². The van der Waals surface area contributed by atoms with Gasteiger partial charge in [-0.15, -0.1) is 0 Å². The molecule has 43 heavy (non-hydrogen) atoms. The van der Waals surface area contributed by atoms with Crippen molar-refractivity contribution >= 4 is 11.8 Å². The molecule has 2 aliphatic heterocycles. The van der Waals surface area contributed by atoms with Crippen LogP contribution in [0.3, 0.4) is 0 Å². The van der Waals surface area contributed by atoms with E-state index in [1.807, 2.05) is 0 Å². The summed E-state index contributed by atoms with van der Waals surface area (Å²) in [4.78, 5) is 25.1. The Morgan fingerprint density at radius 2 is 1.70 bits per heavy atom. The number of esters is 1. The molecular formula is C27H32O16. The van der Waals surface area contributed by atoms with Crippen LogP contribution in [0.4, 0.5) is 0 Å². The highest BCUT2D eigenvalue weighted by Gasteiger charge is 2.51. The van der Waals surface area contributed by atoms with E-state index in [2.05, 4.69) is 0 Å². The van der Waals surface area contributed by atoms with Crippen LogP contribution in [0.1, 0.15) is 27.6 Å². The number of ether oxygens (including phenoxy) is 6. The first-order valence-electron chi connectivity index (χ1n) is 12.9. The lowest BCUT2D eigenvalue weighted by Crippen LogP contribution is -2.61. The molecule has 16 heteroatoms. The van der Waals surface area contributed by atoms with E-state index >= 15 is 0 Å². The molecule has 0 aromatic heterocycles. The largest absolute Gasteiger partial charge is 0.504 e. The molecule has 0 aliphatic carbocycles. The van der Waals surface area contributed by atoms with Crippen LogP contribution in [0.5, 0.6) is 28.7 Å². The summed E-state index contributed by atoms with van der Waals surface area (Å²) >= 11 is 0. The Bertz CT molecular complexity index is 1310. The van der Waals surface area contributed by atoms with Gasteiger partial charge in [-0.2, -0.15) is 0 Å². The quantitative estimate of drug-likeness (QED) is 0.0865. The summed E-state index contributed by atoms with van der Waals surface area (Å²) in [5.41, 5.74) is -2.38. The van der Waals surface area contributed by atoms with Crippen molar-refractivity contribution in [2.75, 3.05) is 26.9 Å². The topological polar surface area (TPSA) is 251 Å². The van der Waals surface area contributed by atoms with Gasteiger partial charge < -0.3 is 69.3 Å². The van der Waals surface area contributed by atoms with Gasteiger partial charge in [0.1, 0.15) is 41.5 Å². The molecule has 2 fully saturated rings. The fourth-order valence-corrected chi connectivity index (χ4v) is 4.46. The van der Waals surface area contributed by atoms with Crippen LogP contribution in [0.25, 0.3) is 0 Å². The van der Waals surface area contributed by atoms with E-state index in [1.165, 1.54) is 32.2 Å². The number of hydrogen-bond donors (Lipinski definition) is 8. The summed E-state index contributed by atoms with van der Waals surface area (Å²) in [6.45, 7) is -0.675. The number of ketones is 1. The van der Waals surface area contributed by atoms with Crippen LogP contribution in [-0.4, -0.2) is 128 Å². The van der Waals surface area contributed by atoms with Crippen molar-refractivity contribution in [1.82, 2.24) is 0 Å². The van der Waals surface area contributed by atoms with E-state index < -0.39 is 103 Å². The van der Waals surface area contributed by atoms with Crippen molar-refractivity contribution in [3.63, 3.8) is 0 Å². The van der Waals surface area contributed by atoms with Gasteiger partial charge in [-0.25, -0.2) is 4.79 Å². The molecule has 0 spiro atoms. The number of methoxy groups -OCH3 is 1. The molecule has 16 nitrogen and oxygen atoms in total. The average Bonchev–Trinajstić information content (AvgIpc) is 3.27. The van der Waals surface area contributed by atoms with Crippen molar-refractivity contribution in [1.29, 1.82) is 0 Å². The Kier molecular flexibility index (Phi) is 9.63. The number of phenolic OH excluding ortho intramolecular Hbond substituents is 3. The van der Waals surface area contributed by atoms with Crippen molar-refractivity contribution < 1.29 is 78.9 Å². The van der Waals surface area contributed by atoms with Crippen molar-refractivity contribution in [3.05, 3.63) is 41.5 Å². The van der Waals surface area contributed by atoms with Gasteiger partial charge in [0.05, 0.1) is 38.1 Å². The molecule has 236 valence electrons. The van der Waals surface area contributed by atoms with Crippen LogP contribution in [0.2, 0.25) is 0 Å². The summed E-state index contributed by atoms with van der Waals surface area (Å²) in [5.74, 6) is -3.99. The van der Waals surface area contributed by atoms with Crippen LogP contribution in [0, 0.1) is 0 Å². The summed E-state index contributed by atoms with van der Waals surface area (Å²) in [6, 6.07) is 5.83. The van der Waals surface area contributed by atoms with E-state index in [9.17, 15) is 50.4 Å². The maximum Gasteiger partial charge on any atom is 0.338 e. The highest BCUT2D eigenvalue weighted by molar-refractivity contribution is 5.97. The van der Waals surface area contributed by atoms with Crippen molar-refractivity contribution in [3.8, 4) is 28.7 Å². The smallest absolute Gasteiger partial charge is 0.338 e. The molecule has 2 saturated heterocycles. The van der Waals surface area contributed by atoms with Crippen molar-refractivity contribution in [2.45, 2.75) is 55.6 Å². The Labute approximate surface area is 243 Å². The fourth-order valence-electron chi connectivity index (χ4n) is 4.46. The molecule has 2 aromatic carbocycles. The standard InChI is InChI=1S/C27H32O16/c1-11(29)14-4-3-13(38-2)7-17(14)41-25-21(34)20(33)22(43-24(36)12-5-15(30)19(32)16(31)6-12)18(42-25)8-39-26-23(35)27(37,9-28)10-40-26/h3-7,18,20-23,25-26,28,30-35,37H,8-10H2,1-2H3/t18-,20-,21-,22-,23+,25-,26-,27?/m1/s1. The number of aromatic hydroxyl groups is 3. The number of carbonyl (C=O) groups is 2. The summed E-state index contributed by atoms with van der Waals surface area (Å²) in [6.07, 6.45) is -11.9. The van der Waals surface area contributed by atoms with E-state index in [-0.39, 0.29) is 11.3 Å². The predicted octanol–water partition coefficient (Wildman–Crippen LogP) is -1.48. The van der Waals surface area contributed by atoms with Crippen LogP contribution >= 0.6 is 0 Å². The summed E-state index contributed by atoms with van der Waals surface area (Å²) in [7, 11) is 1.37. The van der Waals surface area contributed by atoms with Gasteiger partial charge in [-0.1, -0.05) is 0 Å². The molecule has 8 N–H and O–H groups in total. The van der Waals surface area contributed by atoms with Gasteiger partial charge in [-0.05, 0) is 31.2 Å². The maximum atomic E-state index is 12.9. The van der Waals surface area contributed by atoms with Gasteiger partial charge in [0.2, 0.25) is 6.29 Å². The minimum absolute atomic E-state index is 0.0733.